The standard InChI is InChI=1S/C25H20Cl2N2O4S/c26-15-8-5-13(6-9-15)24-17-12-21(34-20-4-2-1-3-19(20)29(32)33)23(27)22(17)16-11-14(25(30)31)7-10-18(16)28-24/h1-11,17,21-24,28H,12H2,(H,30,31)/t17-,21-,22+,23-,24-/m0/s1. The van der Waals surface area contributed by atoms with E-state index in [9.17, 15) is 20.0 Å². The molecule has 2 N–H and O–H groups in total. The molecule has 6 nitrogen and oxygen atoms in total. The van der Waals surface area contributed by atoms with Crippen LogP contribution in [0, 0.1) is 16.0 Å². The number of nitrogens with zero attached hydrogens (tertiary/aromatic N) is 1. The molecule has 9 heteroatoms. The first-order valence-electron chi connectivity index (χ1n) is 10.8. The molecule has 5 atom stereocenters. The van der Waals surface area contributed by atoms with Crippen LogP contribution in [0.4, 0.5) is 11.4 Å². The van der Waals surface area contributed by atoms with E-state index >= 15 is 0 Å². The van der Waals surface area contributed by atoms with Crippen LogP contribution < -0.4 is 5.32 Å². The maximum absolute atomic E-state index is 11.7. The van der Waals surface area contributed by atoms with Crippen molar-refractivity contribution in [3.05, 3.63) is 98.6 Å². The Labute approximate surface area is 210 Å². The van der Waals surface area contributed by atoms with Crippen LogP contribution in [0.3, 0.4) is 0 Å². The molecule has 174 valence electrons. The number of carbonyl (C=O) groups is 1. The van der Waals surface area contributed by atoms with E-state index in [1.165, 1.54) is 17.8 Å². The van der Waals surface area contributed by atoms with E-state index in [0.29, 0.717) is 16.3 Å². The number of nitro groups is 1. The topological polar surface area (TPSA) is 92.5 Å². The van der Waals surface area contributed by atoms with E-state index in [0.717, 1.165) is 16.8 Å². The van der Waals surface area contributed by atoms with Crippen molar-refractivity contribution < 1.29 is 14.8 Å². The number of alkyl halides is 1. The highest BCUT2D eigenvalue weighted by Gasteiger charge is 2.50. The van der Waals surface area contributed by atoms with Crippen LogP contribution >= 0.6 is 35.0 Å². The number of carboxylic acids is 1. The van der Waals surface area contributed by atoms with Crippen LogP contribution in [0.1, 0.15) is 39.9 Å². The average molecular weight is 515 g/mol. The zero-order chi connectivity index (χ0) is 24.0. The van der Waals surface area contributed by atoms with Gasteiger partial charge < -0.3 is 10.4 Å². The predicted molar refractivity (Wildman–Crippen MR) is 134 cm³/mol. The lowest BCUT2D eigenvalue weighted by Gasteiger charge is -2.38. The Balaban J connectivity index is 1.55. The van der Waals surface area contributed by atoms with Gasteiger partial charge in [-0.1, -0.05) is 35.9 Å². The third-order valence-corrected chi connectivity index (χ3v) is 8.99. The maximum atomic E-state index is 11.7. The van der Waals surface area contributed by atoms with Gasteiger partial charge in [0.05, 0.1) is 26.8 Å². The smallest absolute Gasteiger partial charge is 0.335 e. The van der Waals surface area contributed by atoms with Crippen molar-refractivity contribution in [2.45, 2.75) is 33.9 Å². The van der Waals surface area contributed by atoms with Gasteiger partial charge in [0.15, 0.2) is 0 Å². The number of fused-ring (bicyclic) bond motifs is 3. The summed E-state index contributed by atoms with van der Waals surface area (Å²) in [4.78, 5) is 23.4. The molecule has 0 amide bonds. The third kappa shape index (κ3) is 4.13. The molecule has 1 saturated carbocycles. The predicted octanol–water partition coefficient (Wildman–Crippen LogP) is 6.99. The van der Waals surface area contributed by atoms with Crippen molar-refractivity contribution in [1.29, 1.82) is 0 Å². The van der Waals surface area contributed by atoms with Crippen LogP contribution in [0.2, 0.25) is 5.02 Å². The number of para-hydroxylation sites is 1. The van der Waals surface area contributed by atoms with Crippen LogP contribution in [-0.2, 0) is 0 Å². The minimum atomic E-state index is -0.992. The Morgan fingerprint density at radius 1 is 1.12 bits per heavy atom. The number of benzene rings is 3. The Kier molecular flexibility index (Phi) is 6.18. The second-order valence-corrected chi connectivity index (χ2v) is 10.8. The number of anilines is 1. The van der Waals surface area contributed by atoms with E-state index in [1.54, 1.807) is 36.4 Å². The highest BCUT2D eigenvalue weighted by Crippen LogP contribution is 2.58. The monoisotopic (exact) mass is 514 g/mol. The molecule has 0 aromatic heterocycles. The van der Waals surface area contributed by atoms with Crippen molar-refractivity contribution in [2.24, 2.45) is 5.92 Å². The van der Waals surface area contributed by atoms with E-state index < -0.39 is 5.97 Å². The largest absolute Gasteiger partial charge is 0.478 e. The molecule has 3 aromatic rings. The fourth-order valence-electron chi connectivity index (χ4n) is 5.12. The molecule has 0 spiro atoms. The Morgan fingerprint density at radius 2 is 1.85 bits per heavy atom. The molecule has 1 aliphatic heterocycles. The second-order valence-electron chi connectivity index (χ2n) is 8.53. The molecule has 5 rings (SSSR count). The first-order valence-corrected chi connectivity index (χ1v) is 12.5. The number of aromatic carboxylic acids is 1. The second kappa shape index (κ2) is 9.13. The summed E-state index contributed by atoms with van der Waals surface area (Å²) < 4.78 is 0. The van der Waals surface area contributed by atoms with E-state index in [1.807, 2.05) is 24.3 Å². The van der Waals surface area contributed by atoms with Gasteiger partial charge in [0, 0.05) is 27.9 Å². The van der Waals surface area contributed by atoms with Crippen LogP contribution in [0.15, 0.2) is 71.6 Å². The Bertz CT molecular complexity index is 1270. The Morgan fingerprint density at radius 3 is 2.56 bits per heavy atom. The lowest BCUT2D eigenvalue weighted by atomic mass is 9.77. The summed E-state index contributed by atoms with van der Waals surface area (Å²) >= 11 is 14.6. The van der Waals surface area contributed by atoms with Crippen molar-refractivity contribution in [2.75, 3.05) is 5.32 Å². The van der Waals surface area contributed by atoms with Gasteiger partial charge in [-0.25, -0.2) is 4.79 Å². The summed E-state index contributed by atoms with van der Waals surface area (Å²) in [5.74, 6) is -1.03. The fraction of sp³-hybridized carbons (Fsp3) is 0.240. The molecular formula is C25H20Cl2N2O4S. The van der Waals surface area contributed by atoms with Crippen molar-refractivity contribution in [3.8, 4) is 0 Å². The number of nitro benzene ring substituents is 1. The van der Waals surface area contributed by atoms with Crippen LogP contribution in [0.25, 0.3) is 0 Å². The highest BCUT2D eigenvalue weighted by molar-refractivity contribution is 8.00. The van der Waals surface area contributed by atoms with Crippen LogP contribution in [-0.4, -0.2) is 26.6 Å². The Hall–Kier alpha value is -2.74. The van der Waals surface area contributed by atoms with Gasteiger partial charge in [-0.3, -0.25) is 10.1 Å². The van der Waals surface area contributed by atoms with Gasteiger partial charge in [-0.05, 0) is 59.9 Å². The minimum Gasteiger partial charge on any atom is -0.478 e. The summed E-state index contributed by atoms with van der Waals surface area (Å²) in [7, 11) is 0. The van der Waals surface area contributed by atoms with Gasteiger partial charge >= 0.3 is 5.97 Å². The first-order chi connectivity index (χ1) is 16.3. The molecular weight excluding hydrogens is 495 g/mol. The number of hydrogen-bond donors (Lipinski definition) is 2. The highest BCUT2D eigenvalue weighted by atomic mass is 35.5. The van der Waals surface area contributed by atoms with Gasteiger partial charge in [-0.15, -0.1) is 23.4 Å². The van der Waals surface area contributed by atoms with E-state index in [4.69, 9.17) is 23.2 Å². The fourth-order valence-corrected chi connectivity index (χ4v) is 7.19. The lowest BCUT2D eigenvalue weighted by molar-refractivity contribution is -0.387. The van der Waals surface area contributed by atoms with Crippen molar-refractivity contribution >= 4 is 52.3 Å². The summed E-state index contributed by atoms with van der Waals surface area (Å²) in [6.07, 6.45) is 0.715. The zero-order valence-electron chi connectivity index (χ0n) is 17.7. The number of nitrogens with one attached hydrogen (secondary N) is 1. The van der Waals surface area contributed by atoms with Gasteiger partial charge in [0.1, 0.15) is 0 Å². The SMILES string of the molecule is O=C(O)c1ccc2c(c1)[C@H]1[C@@H](Cl)[C@@H](Sc3ccccc3[N+](=O)[O-])C[C@@H]1[C@H](c1ccc(Cl)cc1)N2. The van der Waals surface area contributed by atoms with E-state index in [-0.39, 0.29) is 44.7 Å². The minimum absolute atomic E-state index is 0.0527. The first kappa shape index (κ1) is 23.0. The summed E-state index contributed by atoms with van der Waals surface area (Å²) in [6.45, 7) is 0. The molecule has 0 radical (unpaired) electrons. The van der Waals surface area contributed by atoms with Crippen LogP contribution in [0.5, 0.6) is 0 Å². The summed E-state index contributed by atoms with van der Waals surface area (Å²) in [5, 5.41) is 24.9. The quantitative estimate of drug-likeness (QED) is 0.216. The van der Waals surface area contributed by atoms with E-state index in [2.05, 4.69) is 5.32 Å². The molecule has 1 heterocycles. The maximum Gasteiger partial charge on any atom is 0.335 e. The van der Waals surface area contributed by atoms with Gasteiger partial charge in [-0.2, -0.15) is 0 Å². The van der Waals surface area contributed by atoms with Gasteiger partial charge in [0.25, 0.3) is 5.69 Å². The van der Waals surface area contributed by atoms with Crippen molar-refractivity contribution in [1.82, 2.24) is 0 Å². The number of hydrogen-bond acceptors (Lipinski definition) is 5. The lowest BCUT2D eigenvalue weighted by Crippen LogP contribution is -2.31. The number of halogens is 2. The molecule has 0 unspecified atom stereocenters. The third-order valence-electron chi connectivity index (χ3n) is 6.63. The molecule has 2 aliphatic rings. The molecule has 3 aromatic carbocycles. The molecule has 0 saturated heterocycles. The normalized spacial score (nSPS) is 25.2. The molecule has 1 aliphatic carbocycles. The number of carboxylic acid groups (broad SMARTS) is 1. The zero-order valence-corrected chi connectivity index (χ0v) is 20.1. The summed E-state index contributed by atoms with van der Waals surface area (Å²) in [5.41, 5.74) is 3.07. The number of rotatable bonds is 5. The average Bonchev–Trinajstić information content (AvgIpc) is 3.15. The molecule has 1 fully saturated rings. The molecule has 34 heavy (non-hydrogen) atoms. The van der Waals surface area contributed by atoms with Gasteiger partial charge in [0.2, 0.25) is 0 Å². The number of thioether (sulfide) groups is 1. The summed E-state index contributed by atoms with van der Waals surface area (Å²) in [6, 6.07) is 19.4. The van der Waals surface area contributed by atoms with Crippen molar-refractivity contribution in [3.63, 3.8) is 0 Å². The molecule has 0 bridgehead atoms.